The lowest BCUT2D eigenvalue weighted by molar-refractivity contribution is 0.0955. The first-order valence-electron chi connectivity index (χ1n) is 7.18. The van der Waals surface area contributed by atoms with Crippen LogP contribution in [-0.2, 0) is 0 Å². The number of benzene rings is 1. The predicted molar refractivity (Wildman–Crippen MR) is 89.7 cm³/mol. The lowest BCUT2D eigenvalue weighted by Crippen LogP contribution is -2.29. The zero-order valence-electron chi connectivity index (χ0n) is 13.4. The lowest BCUT2D eigenvalue weighted by Gasteiger charge is -2.09. The number of nitrogens with one attached hydrogen (secondary N) is 2. The summed E-state index contributed by atoms with van der Waals surface area (Å²) < 4.78 is 27.3. The van der Waals surface area contributed by atoms with Crippen LogP contribution in [0, 0.1) is 18.6 Å². The van der Waals surface area contributed by atoms with Crippen molar-refractivity contribution >= 4 is 17.2 Å². The highest BCUT2D eigenvalue weighted by molar-refractivity contribution is 5.97. The van der Waals surface area contributed by atoms with E-state index in [9.17, 15) is 13.6 Å². The summed E-state index contributed by atoms with van der Waals surface area (Å²) in [5.74, 6) is 3.41. The number of aromatic amines is 1. The predicted octanol–water partition coefficient (Wildman–Crippen LogP) is 2.73. The number of carbonyl (C=O) groups is 1. The zero-order valence-corrected chi connectivity index (χ0v) is 13.4. The van der Waals surface area contributed by atoms with Crippen LogP contribution in [0.5, 0.6) is 0 Å². The first-order valence-corrected chi connectivity index (χ1v) is 7.18. The number of hydrogen-bond donors (Lipinski definition) is 3. The smallest absolute Gasteiger partial charge is 0.268 e. The van der Waals surface area contributed by atoms with Crippen molar-refractivity contribution in [3.63, 3.8) is 0 Å². The molecule has 126 valence electrons. The van der Waals surface area contributed by atoms with Crippen molar-refractivity contribution < 1.29 is 13.6 Å². The molecule has 7 heteroatoms. The van der Waals surface area contributed by atoms with Crippen LogP contribution in [0.1, 0.15) is 34.1 Å². The second-order valence-corrected chi connectivity index (χ2v) is 5.41. The van der Waals surface area contributed by atoms with Gasteiger partial charge in [-0.15, -0.1) is 0 Å². The van der Waals surface area contributed by atoms with E-state index in [0.717, 1.165) is 6.07 Å². The fourth-order valence-electron chi connectivity index (χ4n) is 2.28. The van der Waals surface area contributed by atoms with Gasteiger partial charge in [0.15, 0.2) is 0 Å². The van der Waals surface area contributed by atoms with Crippen LogP contribution < -0.4 is 11.2 Å². The molecule has 1 aromatic heterocycles. The van der Waals surface area contributed by atoms with Crippen molar-refractivity contribution in [3.8, 4) is 0 Å². The summed E-state index contributed by atoms with van der Waals surface area (Å²) in [7, 11) is 0. The standard InChI is InChI=1S/C17H18F2N4O/c1-9-4-13(18)6-14(19)16(9)11(3)12-5-15(21-8-12)17(24)22-7-10(2)23-20/h4-6,8,21H,3,7,20H2,1-2H3,(H,22,24)/b23-10+. The van der Waals surface area contributed by atoms with Crippen LogP contribution in [0.4, 0.5) is 8.78 Å². The number of aromatic nitrogens is 1. The van der Waals surface area contributed by atoms with Crippen LogP contribution in [0.15, 0.2) is 36.1 Å². The van der Waals surface area contributed by atoms with E-state index in [1.807, 2.05) is 0 Å². The number of aryl methyl sites for hydroxylation is 1. The molecule has 0 saturated heterocycles. The Kier molecular flexibility index (Phi) is 5.13. The molecule has 5 nitrogen and oxygen atoms in total. The third kappa shape index (κ3) is 3.68. The van der Waals surface area contributed by atoms with Gasteiger partial charge in [0.05, 0.1) is 12.3 Å². The van der Waals surface area contributed by atoms with Gasteiger partial charge in [0.25, 0.3) is 5.91 Å². The van der Waals surface area contributed by atoms with E-state index in [1.165, 1.54) is 6.07 Å². The van der Waals surface area contributed by atoms with Crippen LogP contribution in [0.3, 0.4) is 0 Å². The van der Waals surface area contributed by atoms with E-state index >= 15 is 0 Å². The number of hydrazone groups is 1. The summed E-state index contributed by atoms with van der Waals surface area (Å²) in [5.41, 5.74) is 2.41. The van der Waals surface area contributed by atoms with Gasteiger partial charge < -0.3 is 16.1 Å². The van der Waals surface area contributed by atoms with Crippen LogP contribution in [-0.4, -0.2) is 23.1 Å². The van der Waals surface area contributed by atoms with E-state index in [0.29, 0.717) is 22.4 Å². The molecule has 2 aromatic rings. The molecule has 0 radical (unpaired) electrons. The Morgan fingerprint density at radius 1 is 1.38 bits per heavy atom. The minimum atomic E-state index is -0.695. The Hall–Kier alpha value is -2.96. The van der Waals surface area contributed by atoms with Crippen molar-refractivity contribution in [2.75, 3.05) is 6.54 Å². The normalized spacial score (nSPS) is 11.4. The summed E-state index contributed by atoms with van der Waals surface area (Å²) in [6.07, 6.45) is 1.55. The highest BCUT2D eigenvalue weighted by Gasteiger charge is 2.16. The average Bonchev–Trinajstić information content (AvgIpc) is 3.01. The van der Waals surface area contributed by atoms with Crippen molar-refractivity contribution in [2.45, 2.75) is 13.8 Å². The van der Waals surface area contributed by atoms with Crippen LogP contribution in [0.25, 0.3) is 5.57 Å². The Bertz CT molecular complexity index is 801. The Morgan fingerprint density at radius 3 is 2.71 bits per heavy atom. The molecule has 0 aliphatic carbocycles. The summed E-state index contributed by atoms with van der Waals surface area (Å²) in [4.78, 5) is 14.8. The molecular formula is C17H18F2N4O. The van der Waals surface area contributed by atoms with Crippen LogP contribution in [0.2, 0.25) is 0 Å². The number of hydrogen-bond acceptors (Lipinski definition) is 3. The molecule has 0 aliphatic heterocycles. The fourth-order valence-corrected chi connectivity index (χ4v) is 2.28. The second kappa shape index (κ2) is 7.08. The number of nitrogens with zero attached hydrogens (tertiary/aromatic N) is 1. The molecule has 0 spiro atoms. The van der Waals surface area contributed by atoms with Crippen molar-refractivity contribution in [1.82, 2.24) is 10.3 Å². The second-order valence-electron chi connectivity index (χ2n) is 5.41. The average molecular weight is 332 g/mol. The quantitative estimate of drug-likeness (QED) is 0.447. The minimum Gasteiger partial charge on any atom is -0.357 e. The molecule has 2 rings (SSSR count). The maximum absolute atomic E-state index is 14.0. The molecule has 1 amide bonds. The summed E-state index contributed by atoms with van der Waals surface area (Å²) in [6, 6.07) is 3.59. The maximum Gasteiger partial charge on any atom is 0.268 e. The van der Waals surface area contributed by atoms with Crippen molar-refractivity contribution in [1.29, 1.82) is 0 Å². The molecule has 0 unspecified atom stereocenters. The SMILES string of the molecule is C=C(c1c[nH]c(C(=O)NC/C(C)=N/N)c1)c1c(C)cc(F)cc1F. The van der Waals surface area contributed by atoms with Gasteiger partial charge in [0, 0.05) is 23.4 Å². The van der Waals surface area contributed by atoms with Gasteiger partial charge in [-0.3, -0.25) is 4.79 Å². The topological polar surface area (TPSA) is 83.3 Å². The first kappa shape index (κ1) is 17.4. The largest absolute Gasteiger partial charge is 0.357 e. The number of amides is 1. The van der Waals surface area contributed by atoms with Gasteiger partial charge in [0.1, 0.15) is 17.3 Å². The van der Waals surface area contributed by atoms with Crippen molar-refractivity contribution in [2.24, 2.45) is 10.9 Å². The highest BCUT2D eigenvalue weighted by atomic mass is 19.1. The number of carbonyl (C=O) groups excluding carboxylic acids is 1. The third-order valence-electron chi connectivity index (χ3n) is 3.56. The fraction of sp³-hybridized carbons (Fsp3) is 0.176. The number of halogens is 2. The Balaban J connectivity index is 2.22. The number of nitrogens with two attached hydrogens (primary N) is 1. The van der Waals surface area contributed by atoms with Gasteiger partial charge >= 0.3 is 0 Å². The first-order chi connectivity index (χ1) is 11.3. The molecule has 1 aromatic carbocycles. The lowest BCUT2D eigenvalue weighted by atomic mass is 9.96. The van der Waals surface area contributed by atoms with E-state index in [1.54, 1.807) is 26.1 Å². The van der Waals surface area contributed by atoms with Gasteiger partial charge in [-0.2, -0.15) is 5.10 Å². The Morgan fingerprint density at radius 2 is 2.08 bits per heavy atom. The molecule has 0 aliphatic rings. The number of H-pyrrole nitrogens is 1. The molecular weight excluding hydrogens is 314 g/mol. The van der Waals surface area contributed by atoms with E-state index < -0.39 is 11.6 Å². The van der Waals surface area contributed by atoms with Gasteiger partial charge in [-0.05, 0) is 37.1 Å². The van der Waals surface area contributed by atoms with Gasteiger partial charge in [-0.25, -0.2) is 8.78 Å². The molecule has 0 bridgehead atoms. The van der Waals surface area contributed by atoms with Crippen LogP contribution >= 0.6 is 0 Å². The molecule has 0 saturated carbocycles. The molecule has 0 atom stereocenters. The maximum atomic E-state index is 14.0. The molecule has 0 fully saturated rings. The zero-order chi connectivity index (χ0) is 17.9. The molecule has 24 heavy (non-hydrogen) atoms. The molecule has 1 heterocycles. The van der Waals surface area contributed by atoms with Gasteiger partial charge in [0.2, 0.25) is 0 Å². The third-order valence-corrected chi connectivity index (χ3v) is 3.56. The van der Waals surface area contributed by atoms with E-state index in [4.69, 9.17) is 5.84 Å². The van der Waals surface area contributed by atoms with Gasteiger partial charge in [-0.1, -0.05) is 6.58 Å². The Labute approximate surface area is 138 Å². The minimum absolute atomic E-state index is 0.216. The summed E-state index contributed by atoms with van der Waals surface area (Å²) in [6.45, 7) is 7.36. The summed E-state index contributed by atoms with van der Waals surface area (Å²) in [5, 5.41) is 6.10. The molecule has 4 N–H and O–H groups in total. The monoisotopic (exact) mass is 332 g/mol. The highest BCUT2D eigenvalue weighted by Crippen LogP contribution is 2.28. The van der Waals surface area contributed by atoms with Crippen molar-refractivity contribution in [3.05, 3.63) is 65.0 Å². The summed E-state index contributed by atoms with van der Waals surface area (Å²) >= 11 is 0. The number of rotatable bonds is 5. The van der Waals surface area contributed by atoms with E-state index in [2.05, 4.69) is 22.0 Å². The van der Waals surface area contributed by atoms with E-state index in [-0.39, 0.29) is 23.7 Å².